The van der Waals surface area contributed by atoms with Gasteiger partial charge in [0.05, 0.1) is 29.3 Å². The second-order valence-corrected chi connectivity index (χ2v) is 8.91. The fourth-order valence-electron chi connectivity index (χ4n) is 3.95. The lowest BCUT2D eigenvalue weighted by molar-refractivity contribution is -0.274. The first-order valence-electron chi connectivity index (χ1n) is 11.5. The number of amides is 1. The van der Waals surface area contributed by atoms with Crippen LogP contribution < -0.4 is 10.1 Å². The van der Waals surface area contributed by atoms with E-state index in [4.69, 9.17) is 5.26 Å². The van der Waals surface area contributed by atoms with Crippen molar-refractivity contribution in [1.29, 1.82) is 5.26 Å². The van der Waals surface area contributed by atoms with Gasteiger partial charge < -0.3 is 20.1 Å². The first kappa shape index (κ1) is 26.3. The van der Waals surface area contributed by atoms with Crippen molar-refractivity contribution in [2.24, 2.45) is 0 Å². The molecule has 1 unspecified atom stereocenters. The summed E-state index contributed by atoms with van der Waals surface area (Å²) in [6.07, 6.45) is -3.04. The second kappa shape index (κ2) is 10.7. The van der Waals surface area contributed by atoms with E-state index in [1.165, 1.54) is 12.1 Å². The van der Waals surface area contributed by atoms with Gasteiger partial charge in [-0.2, -0.15) is 5.26 Å². The molecule has 0 saturated heterocycles. The van der Waals surface area contributed by atoms with Crippen LogP contribution in [-0.2, 0) is 6.42 Å². The molecule has 1 amide bonds. The summed E-state index contributed by atoms with van der Waals surface area (Å²) in [5.41, 5.74) is 1.44. The quantitative estimate of drug-likeness (QED) is 0.312. The fourth-order valence-corrected chi connectivity index (χ4v) is 3.95. The molecule has 4 rings (SSSR count). The van der Waals surface area contributed by atoms with Gasteiger partial charge in [-0.1, -0.05) is 30.0 Å². The maximum Gasteiger partial charge on any atom is 0.573 e. The number of alkyl halides is 3. The average molecular weight is 518 g/mol. The molecule has 0 aliphatic carbocycles. The van der Waals surface area contributed by atoms with E-state index in [9.17, 15) is 23.1 Å². The maximum atomic E-state index is 13.3. The fraction of sp³-hybridized carbons (Fsp3) is 0.172. The SMILES string of the molecule is CC(CO)(Cc1c[nH]c2ccccc12)NC(=O)c1cc(C#Cc2ccc(C#N)cc2)ccc1OC(F)(F)F. The Balaban J connectivity index is 1.63. The molecular weight excluding hydrogens is 495 g/mol. The lowest BCUT2D eigenvalue weighted by Gasteiger charge is -2.29. The molecule has 0 fully saturated rings. The van der Waals surface area contributed by atoms with Gasteiger partial charge in [-0.25, -0.2) is 0 Å². The first-order chi connectivity index (χ1) is 18.1. The van der Waals surface area contributed by atoms with Crippen LogP contribution in [0.15, 0.2) is 72.9 Å². The number of halogens is 3. The molecule has 3 aromatic carbocycles. The summed E-state index contributed by atoms with van der Waals surface area (Å²) in [5, 5.41) is 22.6. The number of aromatic nitrogens is 1. The summed E-state index contributed by atoms with van der Waals surface area (Å²) < 4.78 is 43.3. The third-order valence-corrected chi connectivity index (χ3v) is 5.83. The first-order valence-corrected chi connectivity index (χ1v) is 11.5. The minimum Gasteiger partial charge on any atom is -0.405 e. The zero-order chi connectivity index (χ0) is 27.3. The Kier molecular flexibility index (Phi) is 7.43. The lowest BCUT2D eigenvalue weighted by Crippen LogP contribution is -2.50. The Labute approximate surface area is 216 Å². The summed E-state index contributed by atoms with van der Waals surface area (Å²) >= 11 is 0. The van der Waals surface area contributed by atoms with E-state index in [0.29, 0.717) is 11.1 Å². The van der Waals surface area contributed by atoms with E-state index < -0.39 is 30.2 Å². The number of hydrogen-bond donors (Lipinski definition) is 3. The Bertz CT molecular complexity index is 1570. The van der Waals surface area contributed by atoms with Gasteiger partial charge in [0.1, 0.15) is 5.75 Å². The van der Waals surface area contributed by atoms with Crippen LogP contribution in [0.25, 0.3) is 10.9 Å². The standard InChI is InChI=1S/C29H22F3N3O3/c1-28(18-36,15-22-17-34-25-5-3-2-4-23(22)25)35-27(37)24-14-20(12-13-26(24)38-29(30,31)32)9-6-19-7-10-21(16-33)11-8-19/h2-5,7-8,10-14,17,34,36H,15,18H2,1H3,(H,35,37). The summed E-state index contributed by atoms with van der Waals surface area (Å²) in [4.78, 5) is 16.4. The van der Waals surface area contributed by atoms with Gasteiger partial charge in [-0.3, -0.25) is 4.79 Å². The predicted molar refractivity (Wildman–Crippen MR) is 135 cm³/mol. The molecule has 0 radical (unpaired) electrons. The minimum absolute atomic E-state index is 0.215. The van der Waals surface area contributed by atoms with Gasteiger partial charge in [0.25, 0.3) is 5.91 Å². The number of carbonyl (C=O) groups is 1. The Hall–Kier alpha value is -4.73. The van der Waals surface area contributed by atoms with Crippen LogP contribution in [0.2, 0.25) is 0 Å². The molecule has 0 aliphatic heterocycles. The van der Waals surface area contributed by atoms with Crippen LogP contribution in [0.4, 0.5) is 13.2 Å². The van der Waals surface area contributed by atoms with Crippen molar-refractivity contribution in [2.45, 2.75) is 25.2 Å². The largest absolute Gasteiger partial charge is 0.573 e. The molecule has 0 spiro atoms. The minimum atomic E-state index is -5.02. The Morgan fingerprint density at radius 3 is 2.37 bits per heavy atom. The number of H-pyrrole nitrogens is 1. The number of benzene rings is 3. The van der Waals surface area contributed by atoms with Crippen LogP contribution in [0.1, 0.15) is 39.5 Å². The van der Waals surface area contributed by atoms with Crippen LogP contribution >= 0.6 is 0 Å². The molecule has 0 aliphatic rings. The van der Waals surface area contributed by atoms with Crippen molar-refractivity contribution < 1.29 is 27.8 Å². The number of carbonyl (C=O) groups excluding carboxylic acids is 1. The molecule has 0 saturated carbocycles. The number of hydrogen-bond acceptors (Lipinski definition) is 4. The van der Waals surface area contributed by atoms with Crippen molar-refractivity contribution in [3.05, 3.63) is 101 Å². The number of aliphatic hydroxyl groups excluding tert-OH is 1. The van der Waals surface area contributed by atoms with E-state index in [-0.39, 0.29) is 17.5 Å². The molecule has 6 nitrogen and oxygen atoms in total. The van der Waals surface area contributed by atoms with Gasteiger partial charge >= 0.3 is 6.36 Å². The number of ether oxygens (including phenoxy) is 1. The molecule has 3 N–H and O–H groups in total. The van der Waals surface area contributed by atoms with Crippen LogP contribution in [0.3, 0.4) is 0 Å². The second-order valence-electron chi connectivity index (χ2n) is 8.91. The molecule has 192 valence electrons. The number of nitriles is 1. The van der Waals surface area contributed by atoms with Crippen LogP contribution in [0.5, 0.6) is 5.75 Å². The van der Waals surface area contributed by atoms with Crippen molar-refractivity contribution in [1.82, 2.24) is 10.3 Å². The topological polar surface area (TPSA) is 98.1 Å². The molecule has 38 heavy (non-hydrogen) atoms. The summed E-state index contributed by atoms with van der Waals surface area (Å²) in [5.74, 6) is 4.12. The molecule has 1 heterocycles. The monoisotopic (exact) mass is 517 g/mol. The normalized spacial score (nSPS) is 12.6. The number of rotatable bonds is 6. The van der Waals surface area contributed by atoms with Gasteiger partial charge in [0.15, 0.2) is 0 Å². The van der Waals surface area contributed by atoms with E-state index in [1.54, 1.807) is 37.4 Å². The van der Waals surface area contributed by atoms with E-state index >= 15 is 0 Å². The van der Waals surface area contributed by atoms with E-state index in [0.717, 1.165) is 22.5 Å². The number of fused-ring (bicyclic) bond motifs is 1. The zero-order valence-corrected chi connectivity index (χ0v) is 20.2. The number of para-hydroxylation sites is 1. The number of aliphatic hydroxyl groups is 1. The highest BCUT2D eigenvalue weighted by molar-refractivity contribution is 5.98. The molecule has 1 aromatic heterocycles. The van der Waals surface area contributed by atoms with Gasteiger partial charge in [0, 0.05) is 28.2 Å². The smallest absolute Gasteiger partial charge is 0.405 e. The molecule has 1 atom stereocenters. The van der Waals surface area contributed by atoms with Gasteiger partial charge in [-0.15, -0.1) is 13.2 Å². The Morgan fingerprint density at radius 1 is 1.03 bits per heavy atom. The molecule has 4 aromatic rings. The molecule has 9 heteroatoms. The summed E-state index contributed by atoms with van der Waals surface area (Å²) in [6, 6.07) is 19.5. The predicted octanol–water partition coefficient (Wildman–Crippen LogP) is 5.06. The number of nitrogens with zero attached hydrogens (tertiary/aromatic N) is 1. The molecular formula is C29H22F3N3O3. The van der Waals surface area contributed by atoms with E-state index in [2.05, 4.69) is 26.9 Å². The van der Waals surface area contributed by atoms with E-state index in [1.807, 2.05) is 30.3 Å². The average Bonchev–Trinajstić information content (AvgIpc) is 3.29. The number of aromatic amines is 1. The summed E-state index contributed by atoms with van der Waals surface area (Å²) in [6.45, 7) is 1.14. The van der Waals surface area contributed by atoms with Gasteiger partial charge in [0.2, 0.25) is 0 Å². The number of nitrogens with one attached hydrogen (secondary N) is 2. The van der Waals surface area contributed by atoms with Crippen molar-refractivity contribution >= 4 is 16.8 Å². The maximum absolute atomic E-state index is 13.3. The van der Waals surface area contributed by atoms with Crippen LogP contribution in [-0.4, -0.2) is 34.5 Å². The highest BCUT2D eigenvalue weighted by Crippen LogP contribution is 2.29. The van der Waals surface area contributed by atoms with Crippen molar-refractivity contribution in [2.75, 3.05) is 6.61 Å². The third-order valence-electron chi connectivity index (χ3n) is 5.83. The highest BCUT2D eigenvalue weighted by atomic mass is 19.4. The summed E-state index contributed by atoms with van der Waals surface area (Å²) in [7, 11) is 0. The van der Waals surface area contributed by atoms with Gasteiger partial charge in [-0.05, 0) is 67.4 Å². The third kappa shape index (κ3) is 6.33. The van der Waals surface area contributed by atoms with Crippen molar-refractivity contribution in [3.63, 3.8) is 0 Å². The van der Waals surface area contributed by atoms with Crippen molar-refractivity contribution in [3.8, 4) is 23.7 Å². The highest BCUT2D eigenvalue weighted by Gasteiger charge is 2.34. The van der Waals surface area contributed by atoms with Crippen LogP contribution in [0, 0.1) is 23.2 Å². The zero-order valence-electron chi connectivity index (χ0n) is 20.2. The lowest BCUT2D eigenvalue weighted by atomic mass is 9.92. The Morgan fingerprint density at radius 2 is 1.68 bits per heavy atom. The molecule has 0 bridgehead atoms.